The average molecular weight is 615 g/mol. The van der Waals surface area contributed by atoms with Crippen molar-refractivity contribution in [2.45, 2.75) is 13.2 Å². The quantitative estimate of drug-likeness (QED) is 0.150. The molecule has 0 saturated carbocycles. The van der Waals surface area contributed by atoms with Crippen LogP contribution in [-0.4, -0.2) is 20.4 Å². The van der Waals surface area contributed by atoms with Crippen molar-refractivity contribution in [3.8, 4) is 45.3 Å². The number of hydrogen-bond donors (Lipinski definition) is 4. The van der Waals surface area contributed by atoms with Gasteiger partial charge in [0, 0.05) is 33.4 Å². The molecule has 0 aliphatic heterocycles. The van der Waals surface area contributed by atoms with E-state index >= 15 is 0 Å². The van der Waals surface area contributed by atoms with Crippen LogP contribution in [0.15, 0.2) is 133 Å². The number of ether oxygens (including phenoxy) is 1. The largest absolute Gasteiger partial charge is 0.507 e. The van der Waals surface area contributed by atoms with Crippen LogP contribution in [0.4, 0.5) is 0 Å². The Hall–Kier alpha value is -6.04. The highest BCUT2D eigenvalue weighted by Crippen LogP contribution is 2.48. The third-order valence-corrected chi connectivity index (χ3v) is 9.03. The topological polar surface area (TPSA) is 90.2 Å². The van der Waals surface area contributed by atoms with Crippen LogP contribution in [0.3, 0.4) is 0 Å². The summed E-state index contributed by atoms with van der Waals surface area (Å²) < 4.78 is 6.24. The van der Waals surface area contributed by atoms with E-state index in [1.807, 2.05) is 121 Å². The third-order valence-electron chi connectivity index (χ3n) is 9.03. The molecular weight excluding hydrogens is 584 g/mol. The lowest BCUT2D eigenvalue weighted by Gasteiger charge is -2.18. The second-order valence-electron chi connectivity index (χ2n) is 11.8. The summed E-state index contributed by atoms with van der Waals surface area (Å²) in [5, 5.41) is 52.7. The summed E-state index contributed by atoms with van der Waals surface area (Å²) in [4.78, 5) is 0. The van der Waals surface area contributed by atoms with Crippen molar-refractivity contribution in [3.05, 3.63) is 145 Å². The first kappa shape index (κ1) is 28.4. The third kappa shape index (κ3) is 4.76. The first-order valence-electron chi connectivity index (χ1n) is 15.5. The Labute approximate surface area is 270 Å². The van der Waals surface area contributed by atoms with Crippen LogP contribution >= 0.6 is 0 Å². The summed E-state index contributed by atoms with van der Waals surface area (Å²) >= 11 is 0. The minimum Gasteiger partial charge on any atom is -0.507 e. The van der Waals surface area contributed by atoms with Crippen LogP contribution in [0.5, 0.6) is 23.0 Å². The van der Waals surface area contributed by atoms with E-state index in [9.17, 15) is 20.4 Å². The van der Waals surface area contributed by atoms with Crippen molar-refractivity contribution in [2.75, 3.05) is 0 Å². The number of fused-ring (bicyclic) bond motifs is 4. The maximum atomic E-state index is 11.8. The molecule has 8 aromatic rings. The molecule has 0 unspecified atom stereocenters. The van der Waals surface area contributed by atoms with Gasteiger partial charge in [0.05, 0.1) is 13.2 Å². The summed E-state index contributed by atoms with van der Waals surface area (Å²) in [6.45, 7) is 0.104. The van der Waals surface area contributed by atoms with Crippen molar-refractivity contribution in [1.82, 2.24) is 0 Å². The van der Waals surface area contributed by atoms with Gasteiger partial charge in [0.1, 0.15) is 23.0 Å². The molecule has 8 rings (SSSR count). The molecule has 5 heteroatoms. The number of benzene rings is 8. The summed E-state index contributed by atoms with van der Waals surface area (Å²) in [5.74, 6) is 0.207. The van der Waals surface area contributed by atoms with Gasteiger partial charge in [-0.3, -0.25) is 0 Å². The van der Waals surface area contributed by atoms with Crippen molar-refractivity contribution in [1.29, 1.82) is 0 Å². The minimum atomic E-state index is 0.0273. The predicted molar refractivity (Wildman–Crippen MR) is 189 cm³/mol. The molecule has 0 radical (unpaired) electrons. The molecule has 0 bridgehead atoms. The van der Waals surface area contributed by atoms with Gasteiger partial charge in [0.15, 0.2) is 0 Å². The van der Waals surface area contributed by atoms with Gasteiger partial charge in [0.25, 0.3) is 0 Å². The zero-order valence-corrected chi connectivity index (χ0v) is 25.3. The summed E-state index contributed by atoms with van der Waals surface area (Å²) in [6, 6.07) is 41.9. The first-order chi connectivity index (χ1) is 23.0. The molecule has 8 aromatic carbocycles. The lowest BCUT2D eigenvalue weighted by atomic mass is 9.90. The van der Waals surface area contributed by atoms with E-state index in [0.717, 1.165) is 43.1 Å². The zero-order chi connectivity index (χ0) is 32.1. The molecule has 0 aliphatic rings. The maximum absolute atomic E-state index is 11.8. The molecule has 47 heavy (non-hydrogen) atoms. The average Bonchev–Trinajstić information content (AvgIpc) is 3.10. The van der Waals surface area contributed by atoms with Gasteiger partial charge in [0.2, 0.25) is 0 Å². The fourth-order valence-corrected chi connectivity index (χ4v) is 6.83. The Balaban J connectivity index is 1.22. The van der Waals surface area contributed by atoms with E-state index < -0.39 is 0 Å². The molecule has 0 fully saturated rings. The second-order valence-corrected chi connectivity index (χ2v) is 11.8. The van der Waals surface area contributed by atoms with Crippen LogP contribution in [0.2, 0.25) is 0 Å². The second kappa shape index (κ2) is 11.4. The van der Waals surface area contributed by atoms with Gasteiger partial charge in [-0.15, -0.1) is 0 Å². The Morgan fingerprint density at radius 2 is 0.702 bits per heavy atom. The molecule has 0 aromatic heterocycles. The monoisotopic (exact) mass is 614 g/mol. The Kier molecular flexibility index (Phi) is 6.89. The minimum absolute atomic E-state index is 0.0273. The van der Waals surface area contributed by atoms with Gasteiger partial charge in [-0.2, -0.15) is 0 Å². The molecule has 0 heterocycles. The number of hydrogen-bond acceptors (Lipinski definition) is 5. The summed E-state index contributed by atoms with van der Waals surface area (Å²) in [5.41, 5.74) is 3.31. The molecule has 0 spiro atoms. The highest BCUT2D eigenvalue weighted by atomic mass is 16.5. The van der Waals surface area contributed by atoms with Gasteiger partial charge in [-0.25, -0.2) is 0 Å². The highest BCUT2D eigenvalue weighted by molar-refractivity contribution is 6.11. The smallest absolute Gasteiger partial charge is 0.129 e. The number of phenolic OH excluding ortho intramolecular Hbond substituents is 4. The van der Waals surface area contributed by atoms with Crippen LogP contribution in [-0.2, 0) is 18.0 Å². The van der Waals surface area contributed by atoms with Crippen molar-refractivity contribution >= 4 is 43.1 Å². The molecular formula is C42H30O5. The standard InChI is InChI=1S/C42H30O5/c43-35-19-17-25-9-1-5-13-31(25)37(35)39-33-15-7-3-11-27(33)21-29(41(39)45)23-47-24-30-22-28-12-4-8-16-34(28)40(42(30)46)38-32-14-6-2-10-26(32)18-20-36(38)44/h1-22,43-46H,23-24H2. The zero-order valence-electron chi connectivity index (χ0n) is 25.3. The van der Waals surface area contributed by atoms with Crippen molar-refractivity contribution in [2.24, 2.45) is 0 Å². The number of phenols is 4. The van der Waals surface area contributed by atoms with E-state index in [4.69, 9.17) is 4.74 Å². The number of rotatable bonds is 6. The van der Waals surface area contributed by atoms with E-state index in [1.165, 1.54) is 0 Å². The highest BCUT2D eigenvalue weighted by Gasteiger charge is 2.22. The van der Waals surface area contributed by atoms with Crippen LogP contribution in [0, 0.1) is 0 Å². The Morgan fingerprint density at radius 1 is 0.362 bits per heavy atom. The molecule has 5 nitrogen and oxygen atoms in total. The van der Waals surface area contributed by atoms with E-state index in [1.54, 1.807) is 12.1 Å². The summed E-state index contributed by atoms with van der Waals surface area (Å²) in [6.07, 6.45) is 0. The van der Waals surface area contributed by atoms with Gasteiger partial charge >= 0.3 is 0 Å². The van der Waals surface area contributed by atoms with Crippen LogP contribution < -0.4 is 0 Å². The molecule has 228 valence electrons. The lowest BCUT2D eigenvalue weighted by Crippen LogP contribution is -1.99. The fourth-order valence-electron chi connectivity index (χ4n) is 6.83. The van der Waals surface area contributed by atoms with Gasteiger partial charge in [-0.1, -0.05) is 109 Å². The molecule has 0 aliphatic carbocycles. The fraction of sp³-hybridized carbons (Fsp3) is 0.0476. The Bertz CT molecular complexity index is 2320. The van der Waals surface area contributed by atoms with Crippen molar-refractivity contribution in [3.63, 3.8) is 0 Å². The van der Waals surface area contributed by atoms with Crippen molar-refractivity contribution < 1.29 is 25.2 Å². The normalized spacial score (nSPS) is 11.6. The predicted octanol–water partition coefficient (Wildman–Crippen LogP) is 10.2. The van der Waals surface area contributed by atoms with Gasteiger partial charge in [-0.05, 0) is 67.4 Å². The van der Waals surface area contributed by atoms with E-state index in [2.05, 4.69) is 0 Å². The molecule has 0 amide bonds. The van der Waals surface area contributed by atoms with E-state index in [0.29, 0.717) is 33.4 Å². The number of aromatic hydroxyl groups is 4. The molecule has 0 saturated heterocycles. The molecule has 4 N–H and O–H groups in total. The SMILES string of the molecule is Oc1ccc2ccccc2c1-c1c(O)c(COCc2cc3ccccc3c(-c3c(O)ccc4ccccc34)c2O)cc2ccccc12. The molecule has 0 atom stereocenters. The van der Waals surface area contributed by atoms with Gasteiger partial charge < -0.3 is 25.2 Å². The summed E-state index contributed by atoms with van der Waals surface area (Å²) in [7, 11) is 0. The van der Waals surface area contributed by atoms with E-state index in [-0.39, 0.29) is 36.2 Å². The maximum Gasteiger partial charge on any atom is 0.129 e. The van der Waals surface area contributed by atoms with Crippen LogP contribution in [0.25, 0.3) is 65.3 Å². The first-order valence-corrected chi connectivity index (χ1v) is 15.5. The lowest BCUT2D eigenvalue weighted by molar-refractivity contribution is 0.104. The van der Waals surface area contributed by atoms with Crippen LogP contribution in [0.1, 0.15) is 11.1 Å². The Morgan fingerprint density at radius 3 is 1.11 bits per heavy atom.